The number of nitrogens with one attached hydrogen (secondary N) is 1. The molecule has 2 aromatic carbocycles. The van der Waals surface area contributed by atoms with Crippen LogP contribution < -0.4 is 15.0 Å². The number of aromatic nitrogens is 2. The third kappa shape index (κ3) is 4.69. The Hall–Kier alpha value is -3.31. The van der Waals surface area contributed by atoms with E-state index in [1.807, 2.05) is 6.07 Å². The number of hydrogen-bond acceptors (Lipinski definition) is 6. The fourth-order valence-electron chi connectivity index (χ4n) is 2.41. The molecule has 0 aliphatic rings. The molecule has 0 saturated heterocycles. The van der Waals surface area contributed by atoms with Crippen molar-refractivity contribution in [3.63, 3.8) is 0 Å². The third-order valence-corrected chi connectivity index (χ3v) is 4.61. The van der Waals surface area contributed by atoms with Crippen LogP contribution in [0.4, 0.5) is 4.39 Å². The van der Waals surface area contributed by atoms with Crippen molar-refractivity contribution in [1.82, 2.24) is 9.97 Å². The highest BCUT2D eigenvalue weighted by molar-refractivity contribution is 7.99. The van der Waals surface area contributed by atoms with Gasteiger partial charge in [-0.3, -0.25) is 4.79 Å². The third-order valence-electron chi connectivity index (χ3n) is 3.78. The maximum absolute atomic E-state index is 12.9. The van der Waals surface area contributed by atoms with Crippen LogP contribution in [0, 0.1) is 17.1 Å². The maximum Gasteiger partial charge on any atom is 0.270 e. The summed E-state index contributed by atoms with van der Waals surface area (Å²) < 4.78 is 23.5. The summed E-state index contributed by atoms with van der Waals surface area (Å²) in [6.45, 7) is 0.345. The highest BCUT2D eigenvalue weighted by atomic mass is 32.2. The van der Waals surface area contributed by atoms with Crippen LogP contribution in [0.15, 0.2) is 58.5 Å². The lowest BCUT2D eigenvalue weighted by Crippen LogP contribution is -2.15. The van der Waals surface area contributed by atoms with Gasteiger partial charge in [0.15, 0.2) is 5.16 Å². The summed E-state index contributed by atoms with van der Waals surface area (Å²) >= 11 is 1.29. The van der Waals surface area contributed by atoms with Crippen LogP contribution in [0.5, 0.6) is 11.5 Å². The van der Waals surface area contributed by atoms with Crippen LogP contribution in [0.2, 0.25) is 0 Å². The van der Waals surface area contributed by atoms with Crippen LogP contribution in [0.3, 0.4) is 0 Å². The van der Waals surface area contributed by atoms with Crippen molar-refractivity contribution in [1.29, 1.82) is 5.26 Å². The lowest BCUT2D eigenvalue weighted by molar-refractivity contribution is 0.343. The molecule has 0 unspecified atom stereocenters. The second kappa shape index (κ2) is 9.06. The van der Waals surface area contributed by atoms with Gasteiger partial charge in [0.25, 0.3) is 5.56 Å². The summed E-state index contributed by atoms with van der Waals surface area (Å²) in [4.78, 5) is 19.3. The number of aromatic amines is 1. The standard InChI is InChI=1S/C20H16FN3O3S/c1-26-15-6-2-13(3-7-15)18-17(12-22)19(25)24-20(23-18)28-11-10-27-16-8-4-14(21)5-9-16/h2-9H,10-11H2,1H3,(H,23,24,25). The molecule has 1 N–H and O–H groups in total. The number of halogens is 1. The largest absolute Gasteiger partial charge is 0.497 e. The van der Waals surface area contributed by atoms with Gasteiger partial charge in [-0.25, -0.2) is 9.37 Å². The van der Waals surface area contributed by atoms with Crippen LogP contribution >= 0.6 is 11.8 Å². The summed E-state index contributed by atoms with van der Waals surface area (Å²) in [6, 6.07) is 14.6. The Labute approximate surface area is 165 Å². The quantitative estimate of drug-likeness (QED) is 0.372. The molecule has 3 aromatic rings. The van der Waals surface area contributed by atoms with E-state index in [0.717, 1.165) is 0 Å². The average molecular weight is 397 g/mol. The molecule has 0 saturated carbocycles. The predicted molar refractivity (Wildman–Crippen MR) is 104 cm³/mol. The van der Waals surface area contributed by atoms with E-state index in [4.69, 9.17) is 9.47 Å². The molecule has 3 rings (SSSR count). The SMILES string of the molecule is COc1ccc(-c2nc(SCCOc3ccc(F)cc3)[nH]c(=O)c2C#N)cc1. The maximum atomic E-state index is 12.9. The average Bonchev–Trinajstić information content (AvgIpc) is 2.72. The van der Waals surface area contributed by atoms with Crippen molar-refractivity contribution < 1.29 is 13.9 Å². The zero-order valence-corrected chi connectivity index (χ0v) is 15.8. The fraction of sp³-hybridized carbons (Fsp3) is 0.150. The number of nitriles is 1. The first-order valence-electron chi connectivity index (χ1n) is 8.30. The molecule has 0 aliphatic heterocycles. The molecule has 1 aromatic heterocycles. The summed E-state index contributed by atoms with van der Waals surface area (Å²) in [5.74, 6) is 1.41. The number of benzene rings is 2. The molecular weight excluding hydrogens is 381 g/mol. The van der Waals surface area contributed by atoms with Crippen molar-refractivity contribution in [3.8, 4) is 28.8 Å². The number of hydrogen-bond donors (Lipinski definition) is 1. The van der Waals surface area contributed by atoms with E-state index < -0.39 is 5.56 Å². The Balaban J connectivity index is 1.73. The van der Waals surface area contributed by atoms with E-state index in [-0.39, 0.29) is 11.4 Å². The first kappa shape index (κ1) is 19.5. The van der Waals surface area contributed by atoms with Gasteiger partial charge in [0.2, 0.25) is 0 Å². The first-order valence-corrected chi connectivity index (χ1v) is 9.29. The Bertz CT molecular complexity index is 1040. The lowest BCUT2D eigenvalue weighted by Gasteiger charge is -2.08. The molecule has 0 fully saturated rings. The minimum Gasteiger partial charge on any atom is -0.497 e. The minimum atomic E-state index is -0.495. The van der Waals surface area contributed by atoms with Gasteiger partial charge < -0.3 is 14.5 Å². The van der Waals surface area contributed by atoms with Gasteiger partial charge in [0, 0.05) is 11.3 Å². The number of H-pyrrole nitrogens is 1. The van der Waals surface area contributed by atoms with E-state index in [1.165, 1.54) is 23.9 Å². The van der Waals surface area contributed by atoms with Crippen LogP contribution in [-0.4, -0.2) is 29.4 Å². The number of nitrogens with zero attached hydrogens (tertiary/aromatic N) is 2. The lowest BCUT2D eigenvalue weighted by atomic mass is 10.1. The van der Waals surface area contributed by atoms with E-state index in [2.05, 4.69) is 9.97 Å². The van der Waals surface area contributed by atoms with Gasteiger partial charge in [-0.15, -0.1) is 0 Å². The van der Waals surface area contributed by atoms with Crippen LogP contribution in [0.1, 0.15) is 5.56 Å². The molecule has 0 bridgehead atoms. The zero-order valence-electron chi connectivity index (χ0n) is 14.9. The molecule has 0 radical (unpaired) electrons. The van der Waals surface area contributed by atoms with Crippen LogP contribution in [0.25, 0.3) is 11.3 Å². The summed E-state index contributed by atoms with van der Waals surface area (Å²) in [5.41, 5.74) is 0.422. The van der Waals surface area contributed by atoms with Crippen LogP contribution in [-0.2, 0) is 0 Å². The molecule has 0 atom stereocenters. The Morgan fingerprint density at radius 3 is 2.46 bits per heavy atom. The van der Waals surface area contributed by atoms with Crippen molar-refractivity contribution in [3.05, 3.63) is 70.3 Å². The number of thioether (sulfide) groups is 1. The van der Waals surface area contributed by atoms with Gasteiger partial charge in [-0.2, -0.15) is 5.26 Å². The van der Waals surface area contributed by atoms with Gasteiger partial charge in [-0.1, -0.05) is 11.8 Å². The molecule has 142 valence electrons. The van der Waals surface area contributed by atoms with Crippen molar-refractivity contribution in [2.24, 2.45) is 0 Å². The van der Waals surface area contributed by atoms with Crippen molar-refractivity contribution >= 4 is 11.8 Å². The van der Waals surface area contributed by atoms with Crippen molar-refractivity contribution in [2.75, 3.05) is 19.5 Å². The predicted octanol–water partition coefficient (Wildman–Crippen LogP) is 3.63. The molecular formula is C20H16FN3O3S. The number of ether oxygens (including phenoxy) is 2. The van der Waals surface area contributed by atoms with Gasteiger partial charge in [0.05, 0.1) is 19.4 Å². The van der Waals surface area contributed by atoms with Crippen molar-refractivity contribution in [2.45, 2.75) is 5.16 Å². The monoisotopic (exact) mass is 397 g/mol. The Kier molecular flexibility index (Phi) is 6.29. The smallest absolute Gasteiger partial charge is 0.270 e. The first-order chi connectivity index (χ1) is 13.6. The Morgan fingerprint density at radius 2 is 1.82 bits per heavy atom. The molecule has 1 heterocycles. The van der Waals surface area contributed by atoms with E-state index >= 15 is 0 Å². The fourth-order valence-corrected chi connectivity index (χ4v) is 3.09. The topological polar surface area (TPSA) is 88.0 Å². The second-order valence-electron chi connectivity index (χ2n) is 5.59. The molecule has 6 nitrogen and oxygen atoms in total. The minimum absolute atomic E-state index is 0.0444. The van der Waals surface area contributed by atoms with Gasteiger partial charge >= 0.3 is 0 Å². The van der Waals surface area contributed by atoms with E-state index in [1.54, 1.807) is 43.5 Å². The summed E-state index contributed by atoms with van der Waals surface area (Å²) in [7, 11) is 1.56. The molecule has 8 heteroatoms. The second-order valence-corrected chi connectivity index (χ2v) is 6.67. The van der Waals surface area contributed by atoms with E-state index in [0.29, 0.717) is 40.3 Å². The summed E-state index contributed by atoms with van der Waals surface area (Å²) in [5, 5.41) is 9.71. The number of rotatable bonds is 7. The highest BCUT2D eigenvalue weighted by Crippen LogP contribution is 2.24. The normalized spacial score (nSPS) is 10.3. The number of methoxy groups -OCH3 is 1. The van der Waals surface area contributed by atoms with Gasteiger partial charge in [0.1, 0.15) is 28.9 Å². The van der Waals surface area contributed by atoms with E-state index in [9.17, 15) is 14.4 Å². The zero-order chi connectivity index (χ0) is 19.9. The molecule has 0 spiro atoms. The molecule has 0 amide bonds. The molecule has 0 aliphatic carbocycles. The molecule has 28 heavy (non-hydrogen) atoms. The Morgan fingerprint density at radius 1 is 1.14 bits per heavy atom. The summed E-state index contributed by atoms with van der Waals surface area (Å²) in [6.07, 6.45) is 0. The highest BCUT2D eigenvalue weighted by Gasteiger charge is 2.14. The van der Waals surface area contributed by atoms with Gasteiger partial charge in [-0.05, 0) is 48.5 Å².